The third-order valence-electron chi connectivity index (χ3n) is 4.49. The summed E-state index contributed by atoms with van der Waals surface area (Å²) in [5.74, 6) is 0.501. The van der Waals surface area contributed by atoms with E-state index in [2.05, 4.69) is 20.4 Å². The molecule has 0 atom stereocenters. The predicted octanol–water partition coefficient (Wildman–Crippen LogP) is 6.10. The predicted molar refractivity (Wildman–Crippen MR) is 118 cm³/mol. The van der Waals surface area contributed by atoms with Crippen molar-refractivity contribution in [2.45, 2.75) is 13.8 Å². The molecule has 4 rings (SSSR count). The summed E-state index contributed by atoms with van der Waals surface area (Å²) in [5.41, 5.74) is 2.37. The second-order valence-electron chi connectivity index (χ2n) is 6.62. The van der Waals surface area contributed by atoms with Gasteiger partial charge in [0.05, 0.1) is 10.0 Å². The number of carbonyl (C=O) groups excluding carboxylic acids is 1. The number of benzene rings is 2. The topological polar surface area (TPSA) is 90.1 Å². The van der Waals surface area contributed by atoms with E-state index in [1.165, 1.54) is 0 Å². The standard InChI is InChI=1S/C22H16Cl2N4O3/c1-12-11-14(30-22-25-9-4-10-26-22)7-8-17(12)27-21(29)18-13(2)31-28-20(18)19-15(23)5-3-6-16(19)24/h3-11H,1-2H3,(H,27,29). The zero-order valence-corrected chi connectivity index (χ0v) is 18.0. The molecule has 2 aromatic carbocycles. The van der Waals surface area contributed by atoms with Gasteiger partial charge in [0.2, 0.25) is 0 Å². The smallest absolute Gasteiger partial charge is 0.321 e. The summed E-state index contributed by atoms with van der Waals surface area (Å²) in [4.78, 5) is 21.1. The van der Waals surface area contributed by atoms with Crippen molar-refractivity contribution in [3.05, 3.63) is 81.8 Å². The van der Waals surface area contributed by atoms with E-state index < -0.39 is 5.91 Å². The van der Waals surface area contributed by atoms with E-state index in [1.807, 2.05) is 6.92 Å². The van der Waals surface area contributed by atoms with Crippen LogP contribution in [0.15, 0.2) is 59.4 Å². The van der Waals surface area contributed by atoms with Crippen LogP contribution in [0.4, 0.5) is 5.69 Å². The van der Waals surface area contributed by atoms with Crippen LogP contribution in [0.1, 0.15) is 21.7 Å². The van der Waals surface area contributed by atoms with E-state index in [0.717, 1.165) is 5.56 Å². The number of hydrogen-bond acceptors (Lipinski definition) is 6. The fourth-order valence-electron chi connectivity index (χ4n) is 3.00. The largest absolute Gasteiger partial charge is 0.424 e. The first-order valence-electron chi connectivity index (χ1n) is 9.21. The molecular weight excluding hydrogens is 439 g/mol. The summed E-state index contributed by atoms with van der Waals surface area (Å²) in [5, 5.41) is 7.64. The van der Waals surface area contributed by atoms with E-state index in [4.69, 9.17) is 32.5 Å². The summed E-state index contributed by atoms with van der Waals surface area (Å²) >= 11 is 12.6. The van der Waals surface area contributed by atoms with E-state index >= 15 is 0 Å². The number of aromatic nitrogens is 3. The van der Waals surface area contributed by atoms with Crippen LogP contribution < -0.4 is 10.1 Å². The molecule has 0 aliphatic rings. The highest BCUT2D eigenvalue weighted by Crippen LogP contribution is 2.37. The third kappa shape index (κ3) is 4.38. The number of nitrogens with one attached hydrogen (secondary N) is 1. The average molecular weight is 455 g/mol. The minimum absolute atomic E-state index is 0.236. The monoisotopic (exact) mass is 454 g/mol. The van der Waals surface area contributed by atoms with Crippen molar-refractivity contribution < 1.29 is 14.1 Å². The van der Waals surface area contributed by atoms with Crippen molar-refractivity contribution in [3.8, 4) is 23.0 Å². The van der Waals surface area contributed by atoms with E-state index in [-0.39, 0.29) is 17.3 Å². The molecule has 156 valence electrons. The van der Waals surface area contributed by atoms with E-state index in [1.54, 1.807) is 61.8 Å². The number of nitrogens with zero attached hydrogens (tertiary/aromatic N) is 3. The maximum atomic E-state index is 13.1. The maximum Gasteiger partial charge on any atom is 0.321 e. The number of hydrogen-bond donors (Lipinski definition) is 1. The van der Waals surface area contributed by atoms with Gasteiger partial charge < -0.3 is 14.6 Å². The minimum atomic E-state index is -0.395. The van der Waals surface area contributed by atoms with Crippen LogP contribution >= 0.6 is 23.2 Å². The summed E-state index contributed by atoms with van der Waals surface area (Å²) in [6.07, 6.45) is 3.18. The number of rotatable bonds is 5. The van der Waals surface area contributed by atoms with Crippen LogP contribution in [0.5, 0.6) is 11.8 Å². The number of aryl methyl sites for hydroxylation is 2. The molecule has 0 saturated carbocycles. The van der Waals surface area contributed by atoms with Gasteiger partial charge >= 0.3 is 6.01 Å². The van der Waals surface area contributed by atoms with Gasteiger partial charge in [0, 0.05) is 23.6 Å². The maximum absolute atomic E-state index is 13.1. The Labute approximate surface area is 188 Å². The van der Waals surface area contributed by atoms with Crippen LogP contribution in [0.3, 0.4) is 0 Å². The highest BCUT2D eigenvalue weighted by molar-refractivity contribution is 6.39. The van der Waals surface area contributed by atoms with Gasteiger partial charge in [-0.1, -0.05) is 34.4 Å². The van der Waals surface area contributed by atoms with Gasteiger partial charge in [-0.25, -0.2) is 9.97 Å². The van der Waals surface area contributed by atoms with Gasteiger partial charge in [0.1, 0.15) is 22.8 Å². The molecule has 0 bridgehead atoms. The Morgan fingerprint density at radius 2 is 1.74 bits per heavy atom. The van der Waals surface area contributed by atoms with Crippen LogP contribution in [-0.2, 0) is 0 Å². The van der Waals surface area contributed by atoms with Crippen LogP contribution in [-0.4, -0.2) is 21.0 Å². The Balaban J connectivity index is 1.60. The Hall–Kier alpha value is -3.42. The molecule has 0 aliphatic carbocycles. The van der Waals surface area contributed by atoms with Gasteiger partial charge in [0.15, 0.2) is 0 Å². The molecule has 0 aliphatic heterocycles. The van der Waals surface area contributed by atoms with E-state index in [0.29, 0.717) is 32.8 Å². The lowest BCUT2D eigenvalue weighted by Crippen LogP contribution is -2.14. The number of ether oxygens (including phenoxy) is 1. The van der Waals surface area contributed by atoms with Crippen LogP contribution in [0, 0.1) is 13.8 Å². The molecule has 0 saturated heterocycles. The summed E-state index contributed by atoms with van der Waals surface area (Å²) in [6.45, 7) is 3.50. The highest BCUT2D eigenvalue weighted by Gasteiger charge is 2.25. The second kappa shape index (κ2) is 8.75. The minimum Gasteiger partial charge on any atom is -0.424 e. The zero-order valence-electron chi connectivity index (χ0n) is 16.5. The molecule has 2 aromatic heterocycles. The molecule has 2 heterocycles. The zero-order chi connectivity index (χ0) is 22.0. The molecule has 1 N–H and O–H groups in total. The lowest BCUT2D eigenvalue weighted by Gasteiger charge is -2.11. The van der Waals surface area contributed by atoms with Crippen molar-refractivity contribution in [1.29, 1.82) is 0 Å². The first-order valence-corrected chi connectivity index (χ1v) is 9.97. The van der Waals surface area contributed by atoms with Gasteiger partial charge in [-0.05, 0) is 55.8 Å². The molecule has 7 nitrogen and oxygen atoms in total. The number of carbonyl (C=O) groups is 1. The van der Waals surface area contributed by atoms with Crippen molar-refractivity contribution in [3.63, 3.8) is 0 Å². The number of halogens is 2. The van der Waals surface area contributed by atoms with Crippen molar-refractivity contribution in [1.82, 2.24) is 15.1 Å². The lowest BCUT2D eigenvalue weighted by atomic mass is 10.0. The van der Waals surface area contributed by atoms with Gasteiger partial charge in [-0.15, -0.1) is 0 Å². The Morgan fingerprint density at radius 3 is 2.42 bits per heavy atom. The van der Waals surface area contributed by atoms with Crippen molar-refractivity contribution >= 4 is 34.8 Å². The Bertz CT molecular complexity index is 1240. The number of amides is 1. The third-order valence-corrected chi connectivity index (χ3v) is 5.12. The highest BCUT2D eigenvalue weighted by atomic mass is 35.5. The normalized spacial score (nSPS) is 10.7. The number of anilines is 1. The summed E-state index contributed by atoms with van der Waals surface area (Å²) in [6, 6.07) is 12.2. The molecule has 4 aromatic rings. The second-order valence-corrected chi connectivity index (χ2v) is 7.44. The summed E-state index contributed by atoms with van der Waals surface area (Å²) < 4.78 is 10.9. The molecule has 0 unspecified atom stereocenters. The van der Waals surface area contributed by atoms with Gasteiger partial charge in [-0.2, -0.15) is 0 Å². The fourth-order valence-corrected chi connectivity index (χ4v) is 3.58. The molecule has 9 heteroatoms. The first-order chi connectivity index (χ1) is 14.9. The average Bonchev–Trinajstić information content (AvgIpc) is 3.12. The molecule has 31 heavy (non-hydrogen) atoms. The fraction of sp³-hybridized carbons (Fsp3) is 0.0909. The van der Waals surface area contributed by atoms with Crippen LogP contribution in [0.25, 0.3) is 11.3 Å². The Kier molecular flexibility index (Phi) is 5.88. The van der Waals surface area contributed by atoms with Crippen LogP contribution in [0.2, 0.25) is 10.0 Å². The Morgan fingerprint density at radius 1 is 1.03 bits per heavy atom. The van der Waals surface area contributed by atoms with Crippen molar-refractivity contribution in [2.24, 2.45) is 0 Å². The molecule has 0 radical (unpaired) electrons. The molecule has 1 amide bonds. The first kappa shape index (κ1) is 20.8. The summed E-state index contributed by atoms with van der Waals surface area (Å²) in [7, 11) is 0. The van der Waals surface area contributed by atoms with E-state index in [9.17, 15) is 4.79 Å². The lowest BCUT2D eigenvalue weighted by molar-refractivity contribution is 0.102. The molecule has 0 fully saturated rings. The SMILES string of the molecule is Cc1cc(Oc2ncccn2)ccc1NC(=O)c1c(-c2c(Cl)cccc2Cl)noc1C. The molecule has 0 spiro atoms. The van der Waals surface area contributed by atoms with Crippen molar-refractivity contribution in [2.75, 3.05) is 5.32 Å². The van der Waals surface area contributed by atoms with Gasteiger partial charge in [0.25, 0.3) is 5.91 Å². The molecular formula is C22H16Cl2N4O3. The quantitative estimate of drug-likeness (QED) is 0.391. The van der Waals surface area contributed by atoms with Gasteiger partial charge in [-0.3, -0.25) is 4.79 Å².